The molecule has 15 heavy (non-hydrogen) atoms. The molecule has 0 aromatic carbocycles. The van der Waals surface area contributed by atoms with Gasteiger partial charge < -0.3 is 10.4 Å². The van der Waals surface area contributed by atoms with Crippen LogP contribution in [-0.2, 0) is 0 Å². The Balaban J connectivity index is 1.57. The van der Waals surface area contributed by atoms with Crippen LogP contribution in [-0.4, -0.2) is 23.8 Å². The van der Waals surface area contributed by atoms with Gasteiger partial charge in [0.15, 0.2) is 0 Å². The summed E-state index contributed by atoms with van der Waals surface area (Å²) in [7, 11) is 0. The van der Waals surface area contributed by atoms with Crippen LogP contribution in [0.15, 0.2) is 12.2 Å². The molecule has 0 aromatic heterocycles. The summed E-state index contributed by atoms with van der Waals surface area (Å²) in [6.45, 7) is 0.781. The van der Waals surface area contributed by atoms with Gasteiger partial charge in [0.05, 0.1) is 6.10 Å². The molecule has 2 aliphatic carbocycles. The van der Waals surface area contributed by atoms with Crippen molar-refractivity contribution in [3.63, 3.8) is 0 Å². The van der Waals surface area contributed by atoms with Gasteiger partial charge in [-0.05, 0) is 25.2 Å². The number of nitrogens with one attached hydrogen (secondary N) is 1. The Kier molecular flexibility index (Phi) is 4.21. The Morgan fingerprint density at radius 1 is 1.20 bits per heavy atom. The molecule has 1 fully saturated rings. The average Bonchev–Trinajstić information content (AvgIpc) is 2.86. The molecule has 86 valence electrons. The number of aliphatic hydroxyl groups excluding tert-OH is 1. The number of aliphatic hydroxyl groups is 1. The summed E-state index contributed by atoms with van der Waals surface area (Å²) in [6.07, 6.45) is 13.0. The van der Waals surface area contributed by atoms with Crippen LogP contribution in [0.2, 0.25) is 0 Å². The van der Waals surface area contributed by atoms with Crippen LogP contribution >= 0.6 is 0 Å². The number of hydrogen-bond acceptors (Lipinski definition) is 2. The summed E-state index contributed by atoms with van der Waals surface area (Å²) in [4.78, 5) is 0. The first-order chi connectivity index (χ1) is 7.34. The largest absolute Gasteiger partial charge is 0.392 e. The molecule has 0 heterocycles. The van der Waals surface area contributed by atoms with E-state index in [1.54, 1.807) is 0 Å². The van der Waals surface area contributed by atoms with Crippen LogP contribution in [0.1, 0.15) is 44.9 Å². The summed E-state index contributed by atoms with van der Waals surface area (Å²) in [5, 5.41) is 13.3. The van der Waals surface area contributed by atoms with Gasteiger partial charge in [-0.2, -0.15) is 0 Å². The first-order valence-electron chi connectivity index (χ1n) is 6.41. The monoisotopic (exact) mass is 209 g/mol. The highest BCUT2D eigenvalue weighted by atomic mass is 16.3. The lowest BCUT2D eigenvalue weighted by Gasteiger charge is -2.18. The van der Waals surface area contributed by atoms with Crippen LogP contribution in [0, 0.1) is 5.92 Å². The standard InChI is InChI=1S/C13H23NO/c15-13(9-11-5-1-2-6-11)10-14-12-7-3-4-8-12/h3-4,11-15H,1-2,5-10H2. The van der Waals surface area contributed by atoms with Crippen molar-refractivity contribution >= 4 is 0 Å². The third kappa shape index (κ3) is 3.62. The van der Waals surface area contributed by atoms with E-state index >= 15 is 0 Å². The highest BCUT2D eigenvalue weighted by Gasteiger charge is 2.19. The van der Waals surface area contributed by atoms with Crippen LogP contribution in [0.5, 0.6) is 0 Å². The minimum atomic E-state index is -0.131. The zero-order chi connectivity index (χ0) is 10.5. The van der Waals surface area contributed by atoms with Crippen LogP contribution < -0.4 is 5.32 Å². The van der Waals surface area contributed by atoms with Gasteiger partial charge in [-0.25, -0.2) is 0 Å². The maximum atomic E-state index is 9.89. The quantitative estimate of drug-likeness (QED) is 0.681. The zero-order valence-electron chi connectivity index (χ0n) is 9.49. The van der Waals surface area contributed by atoms with Crippen molar-refractivity contribution in [3.05, 3.63) is 12.2 Å². The normalized spacial score (nSPS) is 25.1. The first kappa shape index (κ1) is 11.2. The molecule has 0 radical (unpaired) electrons. The fourth-order valence-electron chi connectivity index (χ4n) is 2.80. The Morgan fingerprint density at radius 2 is 1.87 bits per heavy atom. The van der Waals surface area contributed by atoms with Crippen molar-refractivity contribution in [1.82, 2.24) is 5.32 Å². The first-order valence-corrected chi connectivity index (χ1v) is 6.41. The molecule has 2 aliphatic rings. The summed E-state index contributed by atoms with van der Waals surface area (Å²) in [6, 6.07) is 0.586. The highest BCUT2D eigenvalue weighted by Crippen LogP contribution is 2.28. The molecule has 2 heteroatoms. The average molecular weight is 209 g/mol. The maximum Gasteiger partial charge on any atom is 0.0667 e. The summed E-state index contributed by atoms with van der Waals surface area (Å²) in [5.74, 6) is 0.795. The topological polar surface area (TPSA) is 32.3 Å². The van der Waals surface area contributed by atoms with E-state index in [1.165, 1.54) is 25.7 Å². The van der Waals surface area contributed by atoms with E-state index in [4.69, 9.17) is 0 Å². The van der Waals surface area contributed by atoms with Crippen LogP contribution in [0.4, 0.5) is 0 Å². The molecule has 0 spiro atoms. The molecule has 0 bridgehead atoms. The van der Waals surface area contributed by atoms with Gasteiger partial charge in [-0.3, -0.25) is 0 Å². The molecule has 0 saturated heterocycles. The maximum absolute atomic E-state index is 9.89. The molecule has 1 atom stereocenters. The Hall–Kier alpha value is -0.340. The van der Waals surface area contributed by atoms with Crippen molar-refractivity contribution in [2.24, 2.45) is 5.92 Å². The van der Waals surface area contributed by atoms with E-state index in [1.807, 2.05) is 0 Å². The van der Waals surface area contributed by atoms with Crippen molar-refractivity contribution in [3.8, 4) is 0 Å². The second kappa shape index (κ2) is 5.66. The van der Waals surface area contributed by atoms with Gasteiger partial charge in [0, 0.05) is 12.6 Å². The van der Waals surface area contributed by atoms with Crippen LogP contribution in [0.3, 0.4) is 0 Å². The molecule has 2 N–H and O–H groups in total. The molecule has 2 rings (SSSR count). The smallest absolute Gasteiger partial charge is 0.0667 e. The number of hydrogen-bond donors (Lipinski definition) is 2. The summed E-state index contributed by atoms with van der Waals surface area (Å²) < 4.78 is 0. The van der Waals surface area contributed by atoms with E-state index in [0.29, 0.717) is 6.04 Å². The van der Waals surface area contributed by atoms with Gasteiger partial charge in [0.2, 0.25) is 0 Å². The van der Waals surface area contributed by atoms with Crippen molar-refractivity contribution in [1.29, 1.82) is 0 Å². The minimum absolute atomic E-state index is 0.131. The third-order valence-electron chi connectivity index (χ3n) is 3.73. The van der Waals surface area contributed by atoms with Gasteiger partial charge >= 0.3 is 0 Å². The van der Waals surface area contributed by atoms with Crippen molar-refractivity contribution < 1.29 is 5.11 Å². The van der Waals surface area contributed by atoms with E-state index in [0.717, 1.165) is 31.7 Å². The minimum Gasteiger partial charge on any atom is -0.392 e. The lowest BCUT2D eigenvalue weighted by Crippen LogP contribution is -2.34. The molecule has 0 amide bonds. The molecular formula is C13H23NO. The zero-order valence-corrected chi connectivity index (χ0v) is 9.49. The van der Waals surface area contributed by atoms with E-state index in [-0.39, 0.29) is 6.10 Å². The molecule has 2 nitrogen and oxygen atoms in total. The van der Waals surface area contributed by atoms with Gasteiger partial charge in [-0.15, -0.1) is 0 Å². The van der Waals surface area contributed by atoms with Crippen LogP contribution in [0.25, 0.3) is 0 Å². The highest BCUT2D eigenvalue weighted by molar-refractivity contribution is 4.97. The Morgan fingerprint density at radius 3 is 2.53 bits per heavy atom. The van der Waals surface area contributed by atoms with Crippen molar-refractivity contribution in [2.75, 3.05) is 6.54 Å². The number of rotatable bonds is 5. The Bertz CT molecular complexity index is 201. The van der Waals surface area contributed by atoms with E-state index in [9.17, 15) is 5.11 Å². The molecule has 0 aliphatic heterocycles. The molecule has 1 unspecified atom stereocenters. The fourth-order valence-corrected chi connectivity index (χ4v) is 2.80. The second-order valence-electron chi connectivity index (χ2n) is 5.09. The van der Waals surface area contributed by atoms with Gasteiger partial charge in [0.25, 0.3) is 0 Å². The molecule has 1 saturated carbocycles. The lowest BCUT2D eigenvalue weighted by atomic mass is 10.00. The summed E-state index contributed by atoms with van der Waals surface area (Å²) in [5.41, 5.74) is 0. The van der Waals surface area contributed by atoms with Crippen molar-refractivity contribution in [2.45, 2.75) is 57.1 Å². The third-order valence-corrected chi connectivity index (χ3v) is 3.73. The Labute approximate surface area is 92.8 Å². The van der Waals surface area contributed by atoms with Gasteiger partial charge in [0.1, 0.15) is 0 Å². The molecule has 0 aromatic rings. The van der Waals surface area contributed by atoms with E-state index < -0.39 is 0 Å². The SMILES string of the molecule is OC(CNC1CC=CC1)CC1CCCC1. The van der Waals surface area contributed by atoms with E-state index in [2.05, 4.69) is 17.5 Å². The summed E-state index contributed by atoms with van der Waals surface area (Å²) >= 11 is 0. The lowest BCUT2D eigenvalue weighted by molar-refractivity contribution is 0.137. The predicted molar refractivity (Wildman–Crippen MR) is 62.7 cm³/mol. The molecular weight excluding hydrogens is 186 g/mol. The van der Waals surface area contributed by atoms with Gasteiger partial charge in [-0.1, -0.05) is 37.8 Å². The second-order valence-corrected chi connectivity index (χ2v) is 5.09. The fraction of sp³-hybridized carbons (Fsp3) is 0.846. The predicted octanol–water partition coefficient (Wildman–Crippen LogP) is 2.24.